The molecule has 1 saturated heterocycles. The number of carbonyl (C=O) groups is 4. The zero-order valence-electron chi connectivity index (χ0n) is 15.0. The van der Waals surface area contributed by atoms with Crippen molar-refractivity contribution in [3.8, 4) is 5.75 Å². The van der Waals surface area contributed by atoms with Crippen LogP contribution in [-0.2, 0) is 14.4 Å². The minimum Gasteiger partial charge on any atom is -0.497 e. The van der Waals surface area contributed by atoms with E-state index in [0.717, 1.165) is 0 Å². The third-order valence-corrected chi connectivity index (χ3v) is 4.22. The summed E-state index contributed by atoms with van der Waals surface area (Å²) < 4.78 is 17.2. The van der Waals surface area contributed by atoms with Gasteiger partial charge >= 0.3 is 0 Å². The molecular weight excluding hydrogens is 357 g/mol. The summed E-state index contributed by atoms with van der Waals surface area (Å²) in [5, 5.41) is 4.86. The molecule has 0 aromatic heterocycles. The standard InChI is InChI=1S/C18H22FN3O5/c1-27-14-5-2-4-12(8-14)17(25)21-11-16(24)22-7-3-6-15(22)18(26)20-10-13(23)9-19/h2,4-5,8,15H,3,6-7,9-11H2,1H3,(H,20,26)(H,21,25). The van der Waals surface area contributed by atoms with Crippen molar-refractivity contribution < 1.29 is 28.3 Å². The van der Waals surface area contributed by atoms with Crippen LogP contribution >= 0.6 is 0 Å². The molecule has 146 valence electrons. The first-order valence-electron chi connectivity index (χ1n) is 8.53. The van der Waals surface area contributed by atoms with Gasteiger partial charge < -0.3 is 20.3 Å². The fourth-order valence-corrected chi connectivity index (χ4v) is 2.81. The Balaban J connectivity index is 1.89. The fraction of sp³-hybridized carbons (Fsp3) is 0.444. The number of benzene rings is 1. The number of methoxy groups -OCH3 is 1. The summed E-state index contributed by atoms with van der Waals surface area (Å²) in [6, 6.07) is 5.78. The molecule has 2 rings (SSSR count). The number of rotatable bonds is 8. The van der Waals surface area contributed by atoms with Crippen LogP contribution in [0.25, 0.3) is 0 Å². The molecule has 1 aromatic carbocycles. The molecule has 0 aliphatic carbocycles. The minimum absolute atomic E-state index is 0.261. The van der Waals surface area contributed by atoms with Crippen LogP contribution in [0.2, 0.25) is 0 Å². The Morgan fingerprint density at radius 3 is 2.70 bits per heavy atom. The van der Waals surface area contributed by atoms with Crippen molar-refractivity contribution >= 4 is 23.5 Å². The molecule has 1 aromatic rings. The highest BCUT2D eigenvalue weighted by Crippen LogP contribution is 2.17. The molecule has 2 N–H and O–H groups in total. The molecule has 1 aliphatic rings. The van der Waals surface area contributed by atoms with Gasteiger partial charge in [0.1, 0.15) is 18.5 Å². The number of carbonyl (C=O) groups excluding carboxylic acids is 4. The van der Waals surface area contributed by atoms with Gasteiger partial charge in [0.2, 0.25) is 11.8 Å². The van der Waals surface area contributed by atoms with Crippen LogP contribution < -0.4 is 15.4 Å². The number of nitrogens with zero attached hydrogens (tertiary/aromatic N) is 1. The molecule has 1 heterocycles. The van der Waals surface area contributed by atoms with Crippen molar-refractivity contribution in [1.82, 2.24) is 15.5 Å². The van der Waals surface area contributed by atoms with Crippen LogP contribution in [0.3, 0.4) is 0 Å². The van der Waals surface area contributed by atoms with Crippen molar-refractivity contribution in [2.45, 2.75) is 18.9 Å². The number of alkyl halides is 1. The van der Waals surface area contributed by atoms with E-state index in [0.29, 0.717) is 30.7 Å². The summed E-state index contributed by atoms with van der Waals surface area (Å²) >= 11 is 0. The topological polar surface area (TPSA) is 105 Å². The van der Waals surface area contributed by atoms with Crippen LogP contribution in [-0.4, -0.2) is 67.9 Å². The number of Topliss-reactive ketones (excluding diaryl/α,β-unsaturated/α-hetero) is 1. The maximum atomic E-state index is 12.4. The van der Waals surface area contributed by atoms with E-state index >= 15 is 0 Å². The summed E-state index contributed by atoms with van der Waals surface area (Å²) in [7, 11) is 1.49. The maximum absolute atomic E-state index is 12.4. The molecule has 0 saturated carbocycles. The average molecular weight is 379 g/mol. The van der Waals surface area contributed by atoms with E-state index in [-0.39, 0.29) is 6.54 Å². The van der Waals surface area contributed by atoms with E-state index in [1.165, 1.54) is 12.0 Å². The highest BCUT2D eigenvalue weighted by atomic mass is 19.1. The lowest BCUT2D eigenvalue weighted by Crippen LogP contribution is -2.49. The molecule has 8 nitrogen and oxygen atoms in total. The van der Waals surface area contributed by atoms with Gasteiger partial charge in [-0.1, -0.05) is 6.07 Å². The molecule has 3 amide bonds. The zero-order chi connectivity index (χ0) is 19.8. The molecule has 1 fully saturated rings. The number of hydrogen-bond donors (Lipinski definition) is 2. The van der Waals surface area contributed by atoms with Crippen LogP contribution in [0.1, 0.15) is 23.2 Å². The Labute approximate surface area is 156 Å². The first-order chi connectivity index (χ1) is 13.0. The summed E-state index contributed by atoms with van der Waals surface area (Å²) in [4.78, 5) is 49.0. The van der Waals surface area contributed by atoms with Gasteiger partial charge in [0.25, 0.3) is 5.91 Å². The Bertz CT molecular complexity index is 725. The average Bonchev–Trinajstić information content (AvgIpc) is 3.19. The van der Waals surface area contributed by atoms with Gasteiger partial charge in [-0.2, -0.15) is 0 Å². The van der Waals surface area contributed by atoms with Crippen molar-refractivity contribution in [3.05, 3.63) is 29.8 Å². The van der Waals surface area contributed by atoms with Crippen LogP contribution in [0.5, 0.6) is 5.75 Å². The van der Waals surface area contributed by atoms with Gasteiger partial charge in [-0.05, 0) is 31.0 Å². The Hall–Kier alpha value is -2.97. The smallest absolute Gasteiger partial charge is 0.251 e. The highest BCUT2D eigenvalue weighted by Gasteiger charge is 2.34. The van der Waals surface area contributed by atoms with Crippen molar-refractivity contribution in [1.29, 1.82) is 0 Å². The van der Waals surface area contributed by atoms with Gasteiger partial charge in [-0.15, -0.1) is 0 Å². The van der Waals surface area contributed by atoms with Gasteiger partial charge in [0.05, 0.1) is 20.2 Å². The summed E-state index contributed by atoms with van der Waals surface area (Å²) in [6.07, 6.45) is 1.08. The summed E-state index contributed by atoms with van der Waals surface area (Å²) in [6.45, 7) is -1.43. The quantitative estimate of drug-likeness (QED) is 0.665. The van der Waals surface area contributed by atoms with E-state index in [1.807, 2.05) is 0 Å². The Kier molecular flexibility index (Phi) is 7.27. The highest BCUT2D eigenvalue weighted by molar-refractivity contribution is 5.97. The number of ketones is 1. The molecule has 0 bridgehead atoms. The number of hydrogen-bond acceptors (Lipinski definition) is 5. The van der Waals surface area contributed by atoms with E-state index in [4.69, 9.17) is 4.74 Å². The van der Waals surface area contributed by atoms with Crippen LogP contribution in [0.4, 0.5) is 4.39 Å². The number of nitrogens with one attached hydrogen (secondary N) is 2. The van der Waals surface area contributed by atoms with Gasteiger partial charge in [-0.3, -0.25) is 19.2 Å². The maximum Gasteiger partial charge on any atom is 0.251 e. The minimum atomic E-state index is -1.15. The van der Waals surface area contributed by atoms with Gasteiger partial charge in [-0.25, -0.2) is 4.39 Å². The van der Waals surface area contributed by atoms with E-state index < -0.39 is 42.8 Å². The predicted octanol–water partition coefficient (Wildman–Crippen LogP) is 0.0708. The first-order valence-corrected chi connectivity index (χ1v) is 8.53. The van der Waals surface area contributed by atoms with E-state index in [9.17, 15) is 23.6 Å². The monoisotopic (exact) mass is 379 g/mol. The summed E-state index contributed by atoms with van der Waals surface area (Å²) in [5.41, 5.74) is 0.350. The second-order valence-electron chi connectivity index (χ2n) is 6.05. The molecule has 1 unspecified atom stereocenters. The largest absolute Gasteiger partial charge is 0.497 e. The normalized spacial score (nSPS) is 15.9. The lowest BCUT2D eigenvalue weighted by atomic mass is 10.2. The number of likely N-dealkylation sites (tertiary alicyclic amines) is 1. The molecule has 9 heteroatoms. The van der Waals surface area contributed by atoms with Crippen molar-refractivity contribution in [2.24, 2.45) is 0 Å². The zero-order valence-corrected chi connectivity index (χ0v) is 15.0. The SMILES string of the molecule is COc1cccc(C(=O)NCC(=O)N2CCCC2C(=O)NCC(=O)CF)c1. The first kappa shape index (κ1) is 20.3. The Morgan fingerprint density at radius 1 is 1.22 bits per heavy atom. The third kappa shape index (κ3) is 5.50. The van der Waals surface area contributed by atoms with Gasteiger partial charge in [0, 0.05) is 12.1 Å². The third-order valence-electron chi connectivity index (χ3n) is 4.22. The predicted molar refractivity (Wildman–Crippen MR) is 94.1 cm³/mol. The molecule has 27 heavy (non-hydrogen) atoms. The summed E-state index contributed by atoms with van der Waals surface area (Å²) in [5.74, 6) is -1.55. The van der Waals surface area contributed by atoms with Crippen molar-refractivity contribution in [3.63, 3.8) is 0 Å². The van der Waals surface area contributed by atoms with E-state index in [2.05, 4.69) is 10.6 Å². The number of ether oxygens (including phenoxy) is 1. The molecule has 1 atom stereocenters. The Morgan fingerprint density at radius 2 is 2.00 bits per heavy atom. The molecule has 0 spiro atoms. The molecule has 1 aliphatic heterocycles. The number of amides is 3. The lowest BCUT2D eigenvalue weighted by Gasteiger charge is -2.24. The van der Waals surface area contributed by atoms with Gasteiger partial charge in [0.15, 0.2) is 5.78 Å². The van der Waals surface area contributed by atoms with E-state index in [1.54, 1.807) is 24.3 Å². The fourth-order valence-electron chi connectivity index (χ4n) is 2.81. The molecular formula is C18H22FN3O5. The molecule has 0 radical (unpaired) electrons. The van der Waals surface area contributed by atoms with Crippen LogP contribution in [0.15, 0.2) is 24.3 Å². The van der Waals surface area contributed by atoms with Crippen LogP contribution in [0, 0.1) is 0 Å². The lowest BCUT2D eigenvalue weighted by molar-refractivity contribution is -0.138. The number of halogens is 1. The van der Waals surface area contributed by atoms with Crippen molar-refractivity contribution in [2.75, 3.05) is 33.4 Å². The second kappa shape index (κ2) is 9.65. The second-order valence-corrected chi connectivity index (χ2v) is 6.05.